The SMILES string of the molecule is C[C@@H]1[C@H](O)CC2=C(CC[C@@H](O)C2(C)C)[C@@]1(CO)CCc1ccoc1. The fourth-order valence-corrected chi connectivity index (χ4v) is 4.85. The molecular formula is C20H30O4. The molecule has 0 radical (unpaired) electrons. The van der Waals surface area contributed by atoms with Crippen LogP contribution in [0.3, 0.4) is 0 Å². The summed E-state index contributed by atoms with van der Waals surface area (Å²) >= 11 is 0. The van der Waals surface area contributed by atoms with Gasteiger partial charge in [0.2, 0.25) is 0 Å². The van der Waals surface area contributed by atoms with E-state index in [0.717, 1.165) is 36.8 Å². The second kappa shape index (κ2) is 6.32. The van der Waals surface area contributed by atoms with E-state index in [0.29, 0.717) is 6.42 Å². The molecular weight excluding hydrogens is 304 g/mol. The molecule has 4 nitrogen and oxygen atoms in total. The third-order valence-electron chi connectivity index (χ3n) is 6.83. The summed E-state index contributed by atoms with van der Waals surface area (Å²) in [6.07, 6.45) is 6.29. The van der Waals surface area contributed by atoms with Gasteiger partial charge in [-0.3, -0.25) is 0 Å². The predicted molar refractivity (Wildman–Crippen MR) is 92.4 cm³/mol. The topological polar surface area (TPSA) is 73.8 Å². The molecule has 24 heavy (non-hydrogen) atoms. The van der Waals surface area contributed by atoms with Crippen LogP contribution in [0.2, 0.25) is 0 Å². The second-order valence-corrected chi connectivity index (χ2v) is 8.24. The van der Waals surface area contributed by atoms with Crippen molar-refractivity contribution in [3.8, 4) is 0 Å². The Labute approximate surface area is 144 Å². The molecule has 3 N–H and O–H groups in total. The van der Waals surface area contributed by atoms with Crippen molar-refractivity contribution in [2.24, 2.45) is 16.7 Å². The maximum atomic E-state index is 10.7. The summed E-state index contributed by atoms with van der Waals surface area (Å²) < 4.78 is 5.17. The molecule has 3 rings (SSSR count). The molecule has 0 amide bonds. The molecule has 1 aromatic heterocycles. The van der Waals surface area contributed by atoms with E-state index >= 15 is 0 Å². The summed E-state index contributed by atoms with van der Waals surface area (Å²) in [7, 11) is 0. The van der Waals surface area contributed by atoms with Crippen molar-refractivity contribution in [3.05, 3.63) is 35.3 Å². The molecule has 0 aliphatic heterocycles. The Morgan fingerprint density at radius 1 is 1.25 bits per heavy atom. The van der Waals surface area contributed by atoms with E-state index in [1.54, 1.807) is 12.5 Å². The lowest BCUT2D eigenvalue weighted by Crippen LogP contribution is -2.50. The molecule has 0 aromatic carbocycles. The van der Waals surface area contributed by atoms with E-state index in [1.165, 1.54) is 5.57 Å². The minimum Gasteiger partial charge on any atom is -0.472 e. The standard InChI is InChI=1S/C20H30O4/c1-13-17(22)10-16-15(4-5-18(23)19(16,2)3)20(13,12-21)8-6-14-7-9-24-11-14/h7,9,11,13,17-18,21-23H,4-6,8,10,12H2,1-3H3/t13-,17-,18-,20-/m1/s1. The maximum absolute atomic E-state index is 10.7. The second-order valence-electron chi connectivity index (χ2n) is 8.24. The molecule has 0 unspecified atom stereocenters. The van der Waals surface area contributed by atoms with Gasteiger partial charge in [-0.2, -0.15) is 0 Å². The quantitative estimate of drug-likeness (QED) is 0.740. The number of furan rings is 1. The first-order chi connectivity index (χ1) is 11.3. The maximum Gasteiger partial charge on any atom is 0.0934 e. The van der Waals surface area contributed by atoms with Gasteiger partial charge in [-0.1, -0.05) is 31.9 Å². The van der Waals surface area contributed by atoms with Crippen LogP contribution in [0.25, 0.3) is 0 Å². The van der Waals surface area contributed by atoms with Gasteiger partial charge < -0.3 is 19.7 Å². The summed E-state index contributed by atoms with van der Waals surface area (Å²) in [5.41, 5.74) is 2.80. The van der Waals surface area contributed by atoms with Crippen molar-refractivity contribution in [3.63, 3.8) is 0 Å². The number of rotatable bonds is 4. The summed E-state index contributed by atoms with van der Waals surface area (Å²) in [4.78, 5) is 0. The van der Waals surface area contributed by atoms with Crippen LogP contribution in [0.15, 0.2) is 34.2 Å². The van der Waals surface area contributed by atoms with Gasteiger partial charge in [-0.05, 0) is 49.7 Å². The Bertz CT molecular complexity index is 601. The van der Waals surface area contributed by atoms with E-state index in [2.05, 4.69) is 20.8 Å². The van der Waals surface area contributed by atoms with Crippen LogP contribution in [0.1, 0.15) is 52.0 Å². The van der Waals surface area contributed by atoms with Crippen molar-refractivity contribution < 1.29 is 19.7 Å². The Balaban J connectivity index is 2.02. The zero-order chi connectivity index (χ0) is 17.5. The number of hydrogen-bond donors (Lipinski definition) is 3. The molecule has 134 valence electrons. The summed E-state index contributed by atoms with van der Waals surface area (Å²) in [6.45, 7) is 6.21. The largest absolute Gasteiger partial charge is 0.472 e. The molecule has 0 fully saturated rings. The van der Waals surface area contributed by atoms with Gasteiger partial charge in [0.15, 0.2) is 0 Å². The Kier molecular flexibility index (Phi) is 4.67. The minimum absolute atomic E-state index is 0.000746. The highest BCUT2D eigenvalue weighted by Crippen LogP contribution is 2.56. The summed E-state index contributed by atoms with van der Waals surface area (Å²) in [6, 6.07) is 1.96. The lowest BCUT2D eigenvalue weighted by Gasteiger charge is -2.53. The molecule has 0 spiro atoms. The van der Waals surface area contributed by atoms with Crippen LogP contribution >= 0.6 is 0 Å². The first-order valence-corrected chi connectivity index (χ1v) is 9.04. The molecule has 1 heterocycles. The Morgan fingerprint density at radius 3 is 2.62 bits per heavy atom. The summed E-state index contributed by atoms with van der Waals surface area (Å²) in [5, 5.41) is 31.6. The van der Waals surface area contributed by atoms with Crippen LogP contribution in [-0.4, -0.2) is 34.1 Å². The molecule has 0 saturated heterocycles. The van der Waals surface area contributed by atoms with Crippen LogP contribution < -0.4 is 0 Å². The van der Waals surface area contributed by atoms with Gasteiger partial charge in [-0.25, -0.2) is 0 Å². The van der Waals surface area contributed by atoms with Crippen molar-refractivity contribution in [1.82, 2.24) is 0 Å². The van der Waals surface area contributed by atoms with Crippen LogP contribution in [0.5, 0.6) is 0 Å². The molecule has 4 atom stereocenters. The van der Waals surface area contributed by atoms with Gasteiger partial charge in [0.05, 0.1) is 31.3 Å². The Hall–Kier alpha value is -1.10. The van der Waals surface area contributed by atoms with Gasteiger partial charge in [0.25, 0.3) is 0 Å². The van der Waals surface area contributed by atoms with E-state index < -0.39 is 11.5 Å². The molecule has 0 bridgehead atoms. The molecule has 2 aliphatic carbocycles. The first kappa shape index (κ1) is 17.7. The van der Waals surface area contributed by atoms with E-state index in [-0.39, 0.29) is 24.0 Å². The van der Waals surface area contributed by atoms with Crippen LogP contribution in [-0.2, 0) is 6.42 Å². The smallest absolute Gasteiger partial charge is 0.0934 e. The highest BCUT2D eigenvalue weighted by Gasteiger charge is 2.51. The lowest BCUT2D eigenvalue weighted by molar-refractivity contribution is -0.0318. The van der Waals surface area contributed by atoms with Crippen LogP contribution in [0, 0.1) is 16.7 Å². The number of aliphatic hydroxyl groups is 3. The number of aryl methyl sites for hydroxylation is 1. The fraction of sp³-hybridized carbons (Fsp3) is 0.700. The average molecular weight is 334 g/mol. The normalized spacial score (nSPS) is 35.8. The Morgan fingerprint density at radius 2 is 2.00 bits per heavy atom. The van der Waals surface area contributed by atoms with Crippen molar-refractivity contribution in [1.29, 1.82) is 0 Å². The average Bonchev–Trinajstić information content (AvgIpc) is 3.06. The monoisotopic (exact) mass is 334 g/mol. The third kappa shape index (κ3) is 2.65. The van der Waals surface area contributed by atoms with E-state index in [1.807, 2.05) is 6.07 Å². The zero-order valence-corrected chi connectivity index (χ0v) is 15.0. The molecule has 1 aromatic rings. The highest BCUT2D eigenvalue weighted by molar-refractivity contribution is 5.36. The molecule has 2 aliphatic rings. The summed E-state index contributed by atoms with van der Waals surface area (Å²) in [5.74, 6) is -0.000746. The minimum atomic E-state index is -0.482. The first-order valence-electron chi connectivity index (χ1n) is 9.04. The number of hydrogen-bond acceptors (Lipinski definition) is 4. The molecule has 0 saturated carbocycles. The van der Waals surface area contributed by atoms with Crippen molar-refractivity contribution in [2.75, 3.05) is 6.61 Å². The van der Waals surface area contributed by atoms with Crippen LogP contribution in [0.4, 0.5) is 0 Å². The van der Waals surface area contributed by atoms with Gasteiger partial charge in [0, 0.05) is 10.8 Å². The van der Waals surface area contributed by atoms with Gasteiger partial charge in [0.1, 0.15) is 0 Å². The molecule has 4 heteroatoms. The van der Waals surface area contributed by atoms with Gasteiger partial charge >= 0.3 is 0 Å². The highest BCUT2D eigenvalue weighted by atomic mass is 16.3. The van der Waals surface area contributed by atoms with Crippen molar-refractivity contribution in [2.45, 2.75) is 65.1 Å². The van der Waals surface area contributed by atoms with Gasteiger partial charge in [-0.15, -0.1) is 0 Å². The van der Waals surface area contributed by atoms with Crippen molar-refractivity contribution >= 4 is 0 Å². The third-order valence-corrected chi connectivity index (χ3v) is 6.83. The number of aliphatic hydroxyl groups excluding tert-OH is 3. The van der Waals surface area contributed by atoms with E-state index in [9.17, 15) is 15.3 Å². The van der Waals surface area contributed by atoms with E-state index in [4.69, 9.17) is 4.42 Å². The fourth-order valence-electron chi connectivity index (χ4n) is 4.85. The zero-order valence-electron chi connectivity index (χ0n) is 15.0. The lowest BCUT2D eigenvalue weighted by atomic mass is 9.53. The predicted octanol–water partition coefficient (Wildman–Crippen LogP) is 3.07.